The van der Waals surface area contributed by atoms with E-state index in [0.717, 1.165) is 11.0 Å². The molecular weight excluding hydrogens is 216 g/mol. The molecule has 0 saturated heterocycles. The molecule has 0 bridgehead atoms. The van der Waals surface area contributed by atoms with Crippen molar-refractivity contribution in [1.82, 2.24) is 0 Å². The van der Waals surface area contributed by atoms with E-state index in [1.165, 1.54) is 0 Å². The van der Waals surface area contributed by atoms with Crippen LogP contribution >= 0.6 is 0 Å². The molecule has 17 heavy (non-hydrogen) atoms. The Hall–Kier alpha value is -2.03. The van der Waals surface area contributed by atoms with Crippen LogP contribution in [0.2, 0.25) is 0 Å². The summed E-state index contributed by atoms with van der Waals surface area (Å²) in [4.78, 5) is 11.1. The lowest BCUT2D eigenvalue weighted by atomic mass is 9.84. The number of hydrogen-bond donors (Lipinski definition) is 1. The monoisotopic (exact) mass is 230 g/mol. The predicted octanol–water partition coefficient (Wildman–Crippen LogP) is 3.56. The van der Waals surface area contributed by atoms with Crippen LogP contribution in [0.15, 0.2) is 41.3 Å². The third-order valence-corrected chi connectivity index (χ3v) is 3.01. The van der Waals surface area contributed by atoms with Crippen molar-refractivity contribution in [2.24, 2.45) is 5.41 Å². The van der Waals surface area contributed by atoms with Crippen LogP contribution in [0, 0.1) is 5.41 Å². The van der Waals surface area contributed by atoms with Crippen molar-refractivity contribution in [2.75, 3.05) is 0 Å². The minimum absolute atomic E-state index is 0.473. The number of carboxylic acids is 1. The molecule has 1 aromatic carbocycles. The van der Waals surface area contributed by atoms with E-state index in [4.69, 9.17) is 9.52 Å². The van der Waals surface area contributed by atoms with Crippen molar-refractivity contribution in [3.8, 4) is 0 Å². The number of carbonyl (C=O) groups is 1. The fourth-order valence-corrected chi connectivity index (χ4v) is 1.57. The molecule has 0 spiro atoms. The average molecular weight is 230 g/mol. The SMILES string of the molecule is C=C(c1cc2ccccc2o1)C(C)(C)C(=O)O. The Bertz CT molecular complexity index is 557. The number of benzene rings is 1. The molecule has 0 saturated carbocycles. The maximum absolute atomic E-state index is 11.1. The number of fused-ring (bicyclic) bond motifs is 1. The summed E-state index contributed by atoms with van der Waals surface area (Å²) in [5.74, 6) is -0.387. The first-order chi connectivity index (χ1) is 7.93. The first-order valence-corrected chi connectivity index (χ1v) is 5.34. The topological polar surface area (TPSA) is 50.4 Å². The Kier molecular flexibility index (Phi) is 2.54. The van der Waals surface area contributed by atoms with E-state index in [1.807, 2.05) is 30.3 Å². The standard InChI is InChI=1S/C14H14O3/c1-9(14(2,3)13(15)16)12-8-10-6-4-5-7-11(10)17-12/h4-8H,1H2,2-3H3,(H,15,16). The highest BCUT2D eigenvalue weighted by Gasteiger charge is 2.33. The summed E-state index contributed by atoms with van der Waals surface area (Å²) < 4.78 is 5.60. The van der Waals surface area contributed by atoms with Crippen molar-refractivity contribution >= 4 is 22.5 Å². The lowest BCUT2D eigenvalue weighted by Crippen LogP contribution is -2.24. The molecule has 0 fully saturated rings. The zero-order valence-corrected chi connectivity index (χ0v) is 9.86. The maximum atomic E-state index is 11.1. The quantitative estimate of drug-likeness (QED) is 0.877. The first kappa shape index (κ1) is 11.5. The normalized spacial score (nSPS) is 11.6. The second-order valence-electron chi connectivity index (χ2n) is 4.56. The smallest absolute Gasteiger partial charge is 0.313 e. The molecule has 2 aromatic rings. The van der Waals surface area contributed by atoms with Crippen molar-refractivity contribution < 1.29 is 14.3 Å². The van der Waals surface area contributed by atoms with E-state index in [9.17, 15) is 4.79 Å². The molecule has 1 N–H and O–H groups in total. The van der Waals surface area contributed by atoms with Gasteiger partial charge in [-0.25, -0.2) is 0 Å². The van der Waals surface area contributed by atoms with E-state index < -0.39 is 11.4 Å². The third-order valence-electron chi connectivity index (χ3n) is 3.01. The van der Waals surface area contributed by atoms with Crippen LogP contribution in [0.4, 0.5) is 0 Å². The second-order valence-corrected chi connectivity index (χ2v) is 4.56. The molecule has 3 nitrogen and oxygen atoms in total. The zero-order valence-electron chi connectivity index (χ0n) is 9.86. The van der Waals surface area contributed by atoms with Gasteiger partial charge in [0.1, 0.15) is 11.3 Å². The number of para-hydroxylation sites is 1. The molecular formula is C14H14O3. The Balaban J connectivity index is 2.47. The maximum Gasteiger partial charge on any atom is 0.313 e. The highest BCUT2D eigenvalue weighted by molar-refractivity contribution is 5.91. The predicted molar refractivity (Wildman–Crippen MR) is 66.7 cm³/mol. The van der Waals surface area contributed by atoms with Crippen LogP contribution in [-0.4, -0.2) is 11.1 Å². The highest BCUT2D eigenvalue weighted by atomic mass is 16.4. The third kappa shape index (κ3) is 1.84. The summed E-state index contributed by atoms with van der Waals surface area (Å²) in [6, 6.07) is 9.37. The van der Waals surface area contributed by atoms with Crippen molar-refractivity contribution in [2.45, 2.75) is 13.8 Å². The molecule has 0 aliphatic heterocycles. The molecule has 0 aliphatic rings. The summed E-state index contributed by atoms with van der Waals surface area (Å²) in [7, 11) is 0. The van der Waals surface area contributed by atoms with Crippen LogP contribution in [0.25, 0.3) is 16.5 Å². The van der Waals surface area contributed by atoms with Crippen LogP contribution in [0.3, 0.4) is 0 Å². The van der Waals surface area contributed by atoms with E-state index in [0.29, 0.717) is 11.3 Å². The molecule has 0 radical (unpaired) electrons. The summed E-state index contributed by atoms with van der Waals surface area (Å²) in [5, 5.41) is 10.1. The van der Waals surface area contributed by atoms with Gasteiger partial charge in [0.25, 0.3) is 0 Å². The number of aliphatic carboxylic acids is 1. The van der Waals surface area contributed by atoms with Gasteiger partial charge in [0, 0.05) is 11.0 Å². The van der Waals surface area contributed by atoms with Gasteiger partial charge in [-0.15, -0.1) is 0 Å². The second kappa shape index (κ2) is 3.77. The Morgan fingerprint density at radius 3 is 2.59 bits per heavy atom. The average Bonchev–Trinajstić information content (AvgIpc) is 2.70. The summed E-state index contributed by atoms with van der Waals surface area (Å²) in [5.41, 5.74) is 0.180. The van der Waals surface area contributed by atoms with Gasteiger partial charge < -0.3 is 9.52 Å². The largest absolute Gasteiger partial charge is 0.481 e. The molecule has 3 heteroatoms. The number of furan rings is 1. The molecule has 0 aliphatic carbocycles. The molecule has 88 valence electrons. The van der Waals surface area contributed by atoms with Crippen molar-refractivity contribution in [3.05, 3.63) is 42.7 Å². The van der Waals surface area contributed by atoms with Gasteiger partial charge in [0.05, 0.1) is 5.41 Å². The summed E-state index contributed by atoms with van der Waals surface area (Å²) in [6.45, 7) is 7.07. The lowest BCUT2D eigenvalue weighted by molar-refractivity contribution is -0.143. The van der Waals surface area contributed by atoms with Gasteiger partial charge in [-0.1, -0.05) is 24.8 Å². The minimum atomic E-state index is -1.03. The molecule has 0 atom stereocenters. The molecule has 1 aromatic heterocycles. The molecule has 0 unspecified atom stereocenters. The zero-order chi connectivity index (χ0) is 12.6. The van der Waals surface area contributed by atoms with E-state index in [2.05, 4.69) is 6.58 Å². The van der Waals surface area contributed by atoms with Crippen LogP contribution in [0.1, 0.15) is 19.6 Å². The van der Waals surface area contributed by atoms with Gasteiger partial charge in [-0.3, -0.25) is 4.79 Å². The lowest BCUT2D eigenvalue weighted by Gasteiger charge is -2.20. The van der Waals surface area contributed by atoms with Crippen LogP contribution in [-0.2, 0) is 4.79 Å². The molecule has 0 amide bonds. The number of hydrogen-bond acceptors (Lipinski definition) is 2. The van der Waals surface area contributed by atoms with E-state index in [1.54, 1.807) is 13.8 Å². The first-order valence-electron chi connectivity index (χ1n) is 5.34. The van der Waals surface area contributed by atoms with Gasteiger partial charge in [0.15, 0.2) is 0 Å². The van der Waals surface area contributed by atoms with Gasteiger partial charge in [-0.05, 0) is 26.0 Å². The van der Waals surface area contributed by atoms with E-state index >= 15 is 0 Å². The van der Waals surface area contributed by atoms with Crippen molar-refractivity contribution in [1.29, 1.82) is 0 Å². The van der Waals surface area contributed by atoms with Crippen LogP contribution < -0.4 is 0 Å². The molecule has 2 rings (SSSR count). The van der Waals surface area contributed by atoms with Gasteiger partial charge in [0.2, 0.25) is 0 Å². The van der Waals surface area contributed by atoms with Gasteiger partial charge in [-0.2, -0.15) is 0 Å². The Labute approximate surface area is 99.4 Å². The Morgan fingerprint density at radius 1 is 1.35 bits per heavy atom. The number of carboxylic acid groups (broad SMARTS) is 1. The molecule has 1 heterocycles. The minimum Gasteiger partial charge on any atom is -0.481 e. The van der Waals surface area contributed by atoms with Crippen molar-refractivity contribution in [3.63, 3.8) is 0 Å². The van der Waals surface area contributed by atoms with Crippen LogP contribution in [0.5, 0.6) is 0 Å². The summed E-state index contributed by atoms with van der Waals surface area (Å²) >= 11 is 0. The fourth-order valence-electron chi connectivity index (χ4n) is 1.57. The summed E-state index contributed by atoms with van der Waals surface area (Å²) in [6.07, 6.45) is 0. The number of rotatable bonds is 3. The highest BCUT2D eigenvalue weighted by Crippen LogP contribution is 2.35. The van der Waals surface area contributed by atoms with Gasteiger partial charge >= 0.3 is 5.97 Å². The fraction of sp³-hybridized carbons (Fsp3) is 0.214. The van der Waals surface area contributed by atoms with E-state index in [-0.39, 0.29) is 0 Å². The Morgan fingerprint density at radius 2 is 2.00 bits per heavy atom.